The van der Waals surface area contributed by atoms with Crippen LogP contribution in [0.25, 0.3) is 0 Å². The van der Waals surface area contributed by atoms with Gasteiger partial charge in [-0.05, 0) is 6.92 Å². The van der Waals surface area contributed by atoms with Gasteiger partial charge in [-0.1, -0.05) is 0 Å². The van der Waals surface area contributed by atoms with Crippen LogP contribution in [0.2, 0.25) is 0 Å². The Hall–Kier alpha value is -1.50. The van der Waals surface area contributed by atoms with Gasteiger partial charge in [-0.15, -0.1) is 0 Å². The van der Waals surface area contributed by atoms with E-state index in [9.17, 15) is 8.78 Å². The molecule has 0 saturated carbocycles. The number of hydrogen-bond acceptors (Lipinski definition) is 5. The lowest BCUT2D eigenvalue weighted by Gasteiger charge is -2.14. The molecule has 0 bridgehead atoms. The normalized spacial score (nSPS) is 11.3. The number of nitrogens with two attached hydrogens (primary N) is 1. The van der Waals surface area contributed by atoms with E-state index in [-0.39, 0.29) is 5.95 Å². The number of aryl methyl sites for hydroxylation is 1. The number of alkyl halides is 2. The molecule has 0 aliphatic carbocycles. The van der Waals surface area contributed by atoms with Gasteiger partial charge in [-0.3, -0.25) is 0 Å². The number of rotatable bonds is 5. The van der Waals surface area contributed by atoms with E-state index < -0.39 is 19.0 Å². The van der Waals surface area contributed by atoms with Crippen LogP contribution in [0.4, 0.5) is 14.7 Å². The molecule has 0 amide bonds. The first kappa shape index (κ1) is 12.6. The van der Waals surface area contributed by atoms with Gasteiger partial charge in [0.25, 0.3) is 5.92 Å². The van der Waals surface area contributed by atoms with Gasteiger partial charge < -0.3 is 15.8 Å². The lowest BCUT2D eigenvalue weighted by Crippen LogP contribution is -2.35. The molecule has 3 N–H and O–H groups in total. The molecule has 0 aliphatic heterocycles. The predicted molar refractivity (Wildman–Crippen MR) is 55.8 cm³/mol. The Labute approximate surface area is 92.0 Å². The van der Waals surface area contributed by atoms with Crippen LogP contribution in [0.5, 0.6) is 5.88 Å². The molecule has 1 aromatic heterocycles. The molecule has 0 spiro atoms. The SMILES string of the molecule is COc1cc(C)nc(NCC(F)(F)CN)n1. The smallest absolute Gasteiger partial charge is 0.277 e. The van der Waals surface area contributed by atoms with Crippen LogP contribution in [0.3, 0.4) is 0 Å². The third-order valence-corrected chi connectivity index (χ3v) is 1.84. The Morgan fingerprint density at radius 2 is 2.19 bits per heavy atom. The number of ether oxygens (including phenoxy) is 1. The zero-order chi connectivity index (χ0) is 12.2. The number of hydrogen-bond donors (Lipinski definition) is 2. The van der Waals surface area contributed by atoms with Gasteiger partial charge in [-0.2, -0.15) is 4.98 Å². The van der Waals surface area contributed by atoms with Crippen molar-refractivity contribution < 1.29 is 13.5 Å². The fraction of sp³-hybridized carbons (Fsp3) is 0.556. The molecule has 0 atom stereocenters. The molecule has 16 heavy (non-hydrogen) atoms. The third kappa shape index (κ3) is 3.58. The van der Waals surface area contributed by atoms with E-state index in [1.807, 2.05) is 0 Å². The van der Waals surface area contributed by atoms with Crippen LogP contribution in [0.15, 0.2) is 6.07 Å². The Morgan fingerprint density at radius 1 is 1.50 bits per heavy atom. The monoisotopic (exact) mass is 232 g/mol. The van der Waals surface area contributed by atoms with E-state index in [1.54, 1.807) is 13.0 Å². The number of anilines is 1. The largest absolute Gasteiger partial charge is 0.481 e. The second-order valence-electron chi connectivity index (χ2n) is 3.29. The Bertz CT molecular complexity index is 359. The molecule has 90 valence electrons. The molecule has 7 heteroatoms. The Morgan fingerprint density at radius 3 is 2.75 bits per heavy atom. The van der Waals surface area contributed by atoms with Gasteiger partial charge in [0, 0.05) is 11.8 Å². The molecule has 0 aromatic carbocycles. The highest BCUT2D eigenvalue weighted by atomic mass is 19.3. The highest BCUT2D eigenvalue weighted by Crippen LogP contribution is 2.14. The zero-order valence-corrected chi connectivity index (χ0v) is 9.13. The average Bonchev–Trinajstić information content (AvgIpc) is 2.26. The first-order valence-corrected chi connectivity index (χ1v) is 4.68. The molecule has 0 unspecified atom stereocenters. The number of aromatic nitrogens is 2. The summed E-state index contributed by atoms with van der Waals surface area (Å²) in [7, 11) is 1.44. The number of nitrogens with one attached hydrogen (secondary N) is 1. The first-order valence-electron chi connectivity index (χ1n) is 4.68. The van der Waals surface area contributed by atoms with Gasteiger partial charge in [0.2, 0.25) is 11.8 Å². The van der Waals surface area contributed by atoms with Crippen LogP contribution in [-0.4, -0.2) is 36.1 Å². The highest BCUT2D eigenvalue weighted by Gasteiger charge is 2.26. The number of methoxy groups -OCH3 is 1. The van der Waals surface area contributed by atoms with Crippen LogP contribution in [-0.2, 0) is 0 Å². The molecule has 0 aliphatic rings. The van der Waals surface area contributed by atoms with Crippen molar-refractivity contribution in [1.29, 1.82) is 0 Å². The standard InChI is InChI=1S/C9H14F2N4O/c1-6-3-7(16-2)15-8(14-6)13-5-9(10,11)4-12/h3H,4-5,12H2,1-2H3,(H,13,14,15). The minimum Gasteiger partial charge on any atom is -0.481 e. The molecule has 0 saturated heterocycles. The summed E-state index contributed by atoms with van der Waals surface area (Å²) >= 11 is 0. The van der Waals surface area contributed by atoms with Crippen molar-refractivity contribution in [2.45, 2.75) is 12.8 Å². The Kier molecular flexibility index (Phi) is 3.94. The lowest BCUT2D eigenvalue weighted by atomic mass is 10.3. The highest BCUT2D eigenvalue weighted by molar-refractivity contribution is 5.30. The molecular formula is C9H14F2N4O. The fourth-order valence-corrected chi connectivity index (χ4v) is 1.00. The van der Waals surface area contributed by atoms with E-state index >= 15 is 0 Å². The summed E-state index contributed by atoms with van der Waals surface area (Å²) in [5, 5.41) is 2.42. The van der Waals surface area contributed by atoms with Crippen molar-refractivity contribution in [1.82, 2.24) is 9.97 Å². The van der Waals surface area contributed by atoms with Crippen LogP contribution < -0.4 is 15.8 Å². The third-order valence-electron chi connectivity index (χ3n) is 1.84. The van der Waals surface area contributed by atoms with E-state index in [2.05, 4.69) is 15.3 Å². The summed E-state index contributed by atoms with van der Waals surface area (Å²) in [6.07, 6.45) is 0. The predicted octanol–water partition coefficient (Wildman–Crippen LogP) is 0.800. The summed E-state index contributed by atoms with van der Waals surface area (Å²) < 4.78 is 30.6. The minimum atomic E-state index is -2.97. The summed E-state index contributed by atoms with van der Waals surface area (Å²) in [6.45, 7) is 0.398. The minimum absolute atomic E-state index is 0.102. The van der Waals surface area contributed by atoms with E-state index in [1.165, 1.54) is 7.11 Å². The van der Waals surface area contributed by atoms with Crippen molar-refractivity contribution >= 4 is 5.95 Å². The molecular weight excluding hydrogens is 218 g/mol. The van der Waals surface area contributed by atoms with Crippen molar-refractivity contribution in [3.8, 4) is 5.88 Å². The van der Waals surface area contributed by atoms with Gasteiger partial charge in [0.05, 0.1) is 20.2 Å². The maximum absolute atomic E-state index is 12.8. The van der Waals surface area contributed by atoms with Crippen LogP contribution in [0.1, 0.15) is 5.69 Å². The summed E-state index contributed by atoms with van der Waals surface area (Å²) in [5.41, 5.74) is 5.53. The second kappa shape index (κ2) is 5.02. The van der Waals surface area contributed by atoms with E-state index in [4.69, 9.17) is 10.5 Å². The average molecular weight is 232 g/mol. The molecule has 5 nitrogen and oxygen atoms in total. The van der Waals surface area contributed by atoms with Crippen LogP contribution in [0, 0.1) is 6.92 Å². The lowest BCUT2D eigenvalue weighted by molar-refractivity contribution is 0.0252. The quantitative estimate of drug-likeness (QED) is 0.785. The van der Waals surface area contributed by atoms with Gasteiger partial charge >= 0.3 is 0 Å². The van der Waals surface area contributed by atoms with E-state index in [0.717, 1.165) is 0 Å². The van der Waals surface area contributed by atoms with E-state index in [0.29, 0.717) is 11.6 Å². The summed E-state index contributed by atoms with van der Waals surface area (Å²) in [5.74, 6) is -2.54. The molecule has 1 heterocycles. The maximum atomic E-state index is 12.8. The van der Waals surface area contributed by atoms with Crippen LogP contribution >= 0.6 is 0 Å². The zero-order valence-electron chi connectivity index (χ0n) is 9.13. The topological polar surface area (TPSA) is 73.1 Å². The molecule has 1 rings (SSSR count). The molecule has 1 aromatic rings. The van der Waals surface area contributed by atoms with Crippen molar-refractivity contribution in [3.63, 3.8) is 0 Å². The summed E-state index contributed by atoms with van der Waals surface area (Å²) in [6, 6.07) is 1.60. The van der Waals surface area contributed by atoms with Gasteiger partial charge in [0.1, 0.15) is 0 Å². The fourth-order valence-electron chi connectivity index (χ4n) is 1.00. The van der Waals surface area contributed by atoms with Gasteiger partial charge in [-0.25, -0.2) is 13.8 Å². The number of halogens is 2. The van der Waals surface area contributed by atoms with Crippen molar-refractivity contribution in [2.75, 3.05) is 25.5 Å². The second-order valence-corrected chi connectivity index (χ2v) is 3.29. The first-order chi connectivity index (χ1) is 7.46. The van der Waals surface area contributed by atoms with Crippen molar-refractivity contribution in [3.05, 3.63) is 11.8 Å². The Balaban J connectivity index is 2.70. The maximum Gasteiger partial charge on any atom is 0.277 e. The van der Waals surface area contributed by atoms with Crippen molar-refractivity contribution in [2.24, 2.45) is 5.73 Å². The molecule has 0 radical (unpaired) electrons. The summed E-state index contributed by atoms with van der Waals surface area (Å²) in [4.78, 5) is 7.81. The van der Waals surface area contributed by atoms with Gasteiger partial charge in [0.15, 0.2) is 0 Å². The number of nitrogens with zero attached hydrogens (tertiary/aromatic N) is 2. The molecule has 0 fully saturated rings.